The molecule has 94 valence electrons. The van der Waals surface area contributed by atoms with E-state index in [4.69, 9.17) is 9.57 Å². The van der Waals surface area contributed by atoms with Crippen LogP contribution >= 0.6 is 0 Å². The van der Waals surface area contributed by atoms with Crippen LogP contribution in [0.1, 0.15) is 18.9 Å². The van der Waals surface area contributed by atoms with Crippen LogP contribution in [-0.2, 0) is 20.8 Å². The van der Waals surface area contributed by atoms with Crippen molar-refractivity contribution in [2.45, 2.75) is 19.8 Å². The zero-order valence-corrected chi connectivity index (χ0v) is 10.6. The van der Waals surface area contributed by atoms with Gasteiger partial charge in [0.2, 0.25) is 0 Å². The molecule has 1 aromatic rings. The number of carbonyl (C=O) groups is 1. The average molecular weight is 237 g/mol. The number of benzene rings is 1. The summed E-state index contributed by atoms with van der Waals surface area (Å²) in [5.74, 6) is -0.320. The lowest BCUT2D eigenvalue weighted by atomic mass is 10.1. The van der Waals surface area contributed by atoms with Crippen molar-refractivity contribution in [3.63, 3.8) is 0 Å². The second-order valence-corrected chi connectivity index (χ2v) is 3.81. The minimum Gasteiger partial charge on any atom is -0.385 e. The number of para-hydroxylation sites is 1. The molecule has 0 aromatic heterocycles. The predicted molar refractivity (Wildman–Crippen MR) is 66.8 cm³/mol. The lowest BCUT2D eigenvalue weighted by Crippen LogP contribution is -2.22. The molecular formula is C13H19NO3. The molecular weight excluding hydrogens is 218 g/mol. The van der Waals surface area contributed by atoms with Gasteiger partial charge >= 0.3 is 5.97 Å². The SMILES string of the molecule is COCCCc1ccccc1N(C)OC(C)=O. The standard InChI is InChI=1S/C13H19NO3/c1-11(15)17-14(2)13-9-5-4-7-12(13)8-6-10-16-3/h4-5,7,9H,6,8,10H2,1-3H3. The van der Waals surface area contributed by atoms with Crippen molar-refractivity contribution in [3.05, 3.63) is 29.8 Å². The Bertz CT molecular complexity index is 365. The Balaban J connectivity index is 2.72. The summed E-state index contributed by atoms with van der Waals surface area (Å²) >= 11 is 0. The van der Waals surface area contributed by atoms with Crippen LogP contribution in [0.3, 0.4) is 0 Å². The predicted octanol–water partition coefficient (Wildman–Crippen LogP) is 2.18. The molecule has 0 bridgehead atoms. The molecule has 0 aliphatic rings. The molecule has 0 saturated carbocycles. The molecule has 0 unspecified atom stereocenters. The van der Waals surface area contributed by atoms with Gasteiger partial charge in [-0.3, -0.25) is 4.79 Å². The number of methoxy groups -OCH3 is 1. The second kappa shape index (κ2) is 6.91. The van der Waals surface area contributed by atoms with Crippen molar-refractivity contribution in [3.8, 4) is 0 Å². The minimum atomic E-state index is -0.320. The van der Waals surface area contributed by atoms with E-state index < -0.39 is 0 Å². The zero-order chi connectivity index (χ0) is 12.7. The molecule has 0 N–H and O–H groups in total. The van der Waals surface area contributed by atoms with Gasteiger partial charge in [-0.1, -0.05) is 18.2 Å². The van der Waals surface area contributed by atoms with E-state index in [1.807, 2.05) is 24.3 Å². The molecule has 0 radical (unpaired) electrons. The largest absolute Gasteiger partial charge is 0.385 e. The van der Waals surface area contributed by atoms with E-state index in [0.717, 1.165) is 30.7 Å². The summed E-state index contributed by atoms with van der Waals surface area (Å²) in [6.07, 6.45) is 1.84. The maximum Gasteiger partial charge on any atom is 0.329 e. The van der Waals surface area contributed by atoms with Gasteiger partial charge in [0.05, 0.1) is 5.69 Å². The Morgan fingerprint density at radius 1 is 1.35 bits per heavy atom. The van der Waals surface area contributed by atoms with Crippen LogP contribution in [0.2, 0.25) is 0 Å². The van der Waals surface area contributed by atoms with Crippen molar-refractivity contribution >= 4 is 11.7 Å². The van der Waals surface area contributed by atoms with E-state index in [1.54, 1.807) is 14.2 Å². The molecule has 17 heavy (non-hydrogen) atoms. The maximum absolute atomic E-state index is 10.9. The van der Waals surface area contributed by atoms with Crippen LogP contribution in [0.5, 0.6) is 0 Å². The van der Waals surface area contributed by atoms with Gasteiger partial charge in [-0.05, 0) is 24.5 Å². The Kier molecular flexibility index (Phi) is 5.49. The molecule has 4 nitrogen and oxygen atoms in total. The average Bonchev–Trinajstić information content (AvgIpc) is 2.29. The van der Waals surface area contributed by atoms with E-state index >= 15 is 0 Å². The van der Waals surface area contributed by atoms with Crippen LogP contribution in [-0.4, -0.2) is 26.7 Å². The number of rotatable bonds is 6. The Morgan fingerprint density at radius 3 is 2.71 bits per heavy atom. The molecule has 1 aromatic carbocycles. The monoisotopic (exact) mass is 237 g/mol. The molecule has 0 saturated heterocycles. The molecule has 0 aliphatic carbocycles. The first-order valence-electron chi connectivity index (χ1n) is 5.64. The molecule has 0 aliphatic heterocycles. The first kappa shape index (κ1) is 13.5. The van der Waals surface area contributed by atoms with E-state index in [2.05, 4.69) is 0 Å². The number of anilines is 1. The maximum atomic E-state index is 10.9. The van der Waals surface area contributed by atoms with Gasteiger partial charge in [-0.2, -0.15) is 0 Å². The summed E-state index contributed by atoms with van der Waals surface area (Å²) in [6.45, 7) is 2.12. The molecule has 1 rings (SSSR count). The minimum absolute atomic E-state index is 0.320. The first-order valence-corrected chi connectivity index (χ1v) is 5.64. The lowest BCUT2D eigenvalue weighted by molar-refractivity contribution is -0.141. The fourth-order valence-corrected chi connectivity index (χ4v) is 1.68. The number of hydroxylamine groups is 1. The van der Waals surface area contributed by atoms with Gasteiger partial charge < -0.3 is 9.57 Å². The molecule has 0 atom stereocenters. The number of ether oxygens (including phenoxy) is 1. The molecule has 0 amide bonds. The molecule has 0 spiro atoms. The van der Waals surface area contributed by atoms with Crippen LogP contribution in [0, 0.1) is 0 Å². The normalized spacial score (nSPS) is 10.1. The van der Waals surface area contributed by atoms with Gasteiger partial charge in [-0.25, -0.2) is 5.06 Å². The van der Waals surface area contributed by atoms with Crippen molar-refractivity contribution in [2.24, 2.45) is 0 Å². The van der Waals surface area contributed by atoms with Crippen molar-refractivity contribution in [1.82, 2.24) is 0 Å². The number of nitrogens with zero attached hydrogens (tertiary/aromatic N) is 1. The van der Waals surface area contributed by atoms with E-state index in [1.165, 1.54) is 12.0 Å². The summed E-state index contributed by atoms with van der Waals surface area (Å²) in [6, 6.07) is 7.87. The number of hydrogen-bond donors (Lipinski definition) is 0. The fraction of sp³-hybridized carbons (Fsp3) is 0.462. The highest BCUT2D eigenvalue weighted by molar-refractivity contribution is 5.68. The molecule has 0 heterocycles. The van der Waals surface area contributed by atoms with Crippen LogP contribution in [0.25, 0.3) is 0 Å². The fourth-order valence-electron chi connectivity index (χ4n) is 1.68. The third kappa shape index (κ3) is 4.44. The van der Waals surface area contributed by atoms with Crippen LogP contribution in [0.4, 0.5) is 5.69 Å². The van der Waals surface area contributed by atoms with Crippen molar-refractivity contribution in [1.29, 1.82) is 0 Å². The highest BCUT2D eigenvalue weighted by atomic mass is 16.7. The molecule has 0 fully saturated rings. The Morgan fingerprint density at radius 2 is 2.06 bits per heavy atom. The summed E-state index contributed by atoms with van der Waals surface area (Å²) < 4.78 is 5.03. The number of carbonyl (C=O) groups excluding carboxylic acids is 1. The quantitative estimate of drug-likeness (QED) is 0.561. The van der Waals surface area contributed by atoms with E-state index in [0.29, 0.717) is 0 Å². The van der Waals surface area contributed by atoms with E-state index in [9.17, 15) is 4.79 Å². The Hall–Kier alpha value is -1.55. The summed E-state index contributed by atoms with van der Waals surface area (Å²) in [4.78, 5) is 16.0. The van der Waals surface area contributed by atoms with Gasteiger partial charge in [0.15, 0.2) is 0 Å². The van der Waals surface area contributed by atoms with Gasteiger partial charge in [-0.15, -0.1) is 0 Å². The van der Waals surface area contributed by atoms with Crippen LogP contribution in [0.15, 0.2) is 24.3 Å². The van der Waals surface area contributed by atoms with Gasteiger partial charge in [0.1, 0.15) is 0 Å². The lowest BCUT2D eigenvalue weighted by Gasteiger charge is -2.20. The highest BCUT2D eigenvalue weighted by Crippen LogP contribution is 2.20. The van der Waals surface area contributed by atoms with Gasteiger partial charge in [0, 0.05) is 27.7 Å². The third-order valence-corrected chi connectivity index (χ3v) is 2.39. The highest BCUT2D eigenvalue weighted by Gasteiger charge is 2.09. The topological polar surface area (TPSA) is 38.8 Å². The third-order valence-electron chi connectivity index (χ3n) is 2.39. The second-order valence-electron chi connectivity index (χ2n) is 3.81. The van der Waals surface area contributed by atoms with Crippen molar-refractivity contribution < 1.29 is 14.4 Å². The summed E-state index contributed by atoms with van der Waals surface area (Å²) in [5.41, 5.74) is 2.06. The first-order chi connectivity index (χ1) is 8.15. The zero-order valence-electron chi connectivity index (χ0n) is 10.6. The van der Waals surface area contributed by atoms with Crippen LogP contribution < -0.4 is 5.06 Å². The van der Waals surface area contributed by atoms with E-state index in [-0.39, 0.29) is 5.97 Å². The van der Waals surface area contributed by atoms with Gasteiger partial charge in [0.25, 0.3) is 0 Å². The number of hydrogen-bond acceptors (Lipinski definition) is 4. The Labute approximate surface area is 102 Å². The van der Waals surface area contributed by atoms with Crippen molar-refractivity contribution in [2.75, 3.05) is 25.8 Å². The molecule has 4 heteroatoms. The smallest absolute Gasteiger partial charge is 0.329 e. The number of aryl methyl sites for hydroxylation is 1. The summed E-state index contributed by atoms with van der Waals surface area (Å²) in [5, 5.41) is 1.50. The summed E-state index contributed by atoms with van der Waals surface area (Å²) in [7, 11) is 3.42.